The molecule has 14 aromatic carbocycles. The van der Waals surface area contributed by atoms with Crippen molar-refractivity contribution in [2.24, 2.45) is 0 Å². The van der Waals surface area contributed by atoms with Crippen LogP contribution in [0.5, 0.6) is 0 Å². The molecule has 6 heteroatoms. The third kappa shape index (κ3) is 16.0. The minimum atomic E-state index is 0. The van der Waals surface area contributed by atoms with Gasteiger partial charge >= 0.3 is 76.9 Å². The van der Waals surface area contributed by atoms with Crippen LogP contribution in [0.2, 0.25) is 26.2 Å². The second-order valence-electron chi connectivity index (χ2n) is 21.2. The summed E-state index contributed by atoms with van der Waals surface area (Å²) in [5, 5.41) is 16.0. The Morgan fingerprint density at radius 2 is 0.476 bits per heavy atom. The SMILES string of the molecule is C[Si](C)=[Ti+2].C[Si](C)=[Ti+2].Cc1cc2c(-c3cccc4ccccc34)cccc2[cH-]1.Cc1cc2c(-c3cccc4ccccc34)cccc2[cH-]1.Cc1cc2c(-c3ccccc3)cccc2[cH-]1.Cc1cc2c(-c3ccccc3)cccc2[cH-]1.[Cl-].[Cl-]. The van der Waals surface area contributed by atoms with Crippen molar-refractivity contribution in [1.82, 2.24) is 0 Å². The number of aryl methyl sites for hydroxylation is 4. The van der Waals surface area contributed by atoms with Gasteiger partial charge in [0.2, 0.25) is 0 Å². The molecule has 0 saturated carbocycles. The van der Waals surface area contributed by atoms with Crippen molar-refractivity contribution in [1.29, 1.82) is 0 Å². The fourth-order valence-electron chi connectivity index (χ4n) is 10.7. The van der Waals surface area contributed by atoms with E-state index in [9.17, 15) is 0 Å². The van der Waals surface area contributed by atoms with E-state index in [-0.39, 0.29) is 37.2 Å². The van der Waals surface area contributed by atoms with Crippen LogP contribution in [0.25, 0.3) is 109 Å². The van der Waals surface area contributed by atoms with Crippen LogP contribution >= 0.6 is 0 Å². The van der Waals surface area contributed by atoms with Gasteiger partial charge < -0.3 is 24.8 Å². The number of benzene rings is 10. The molecular weight excluding hydrogens is 1140 g/mol. The van der Waals surface area contributed by atoms with Gasteiger partial charge in [0, 0.05) is 0 Å². The van der Waals surface area contributed by atoms with Crippen molar-refractivity contribution in [2.45, 2.75) is 53.9 Å². The van der Waals surface area contributed by atoms with Crippen molar-refractivity contribution in [3.63, 3.8) is 0 Å². The standard InChI is InChI=1S/2C20H15.2C16H13.2C2H6Si.2ClH.2Ti/c2*1-14-12-16-8-5-11-19(20(16)13-14)18-10-4-7-15-6-2-3-9-17(15)18;2*1-12-10-14-8-5-9-15(16(14)11-12)13-6-3-2-4-7-13;2*1-3-2;;;;/h2*2-13H,1H3;2*2-11H,1H3;2*1-2H3;2*1H;;/q4*-1;;;;;2*+2/p-2. The third-order valence-corrected chi connectivity index (χ3v) is 13.9. The maximum Gasteiger partial charge on any atom is -0.0114 e. The van der Waals surface area contributed by atoms with E-state index in [1.807, 2.05) is 0 Å². The van der Waals surface area contributed by atoms with Gasteiger partial charge in [-0.2, -0.15) is 24.3 Å². The monoisotopic (exact) mass is 1200 g/mol. The van der Waals surface area contributed by atoms with Gasteiger partial charge in [-0.3, -0.25) is 0 Å². The number of halogens is 2. The summed E-state index contributed by atoms with van der Waals surface area (Å²) in [6.07, 6.45) is 0.241. The molecule has 0 saturated heterocycles. The summed E-state index contributed by atoms with van der Waals surface area (Å²) in [7, 11) is 0. The molecule has 0 aliphatic rings. The second kappa shape index (κ2) is 30.2. The Morgan fingerprint density at radius 1 is 0.256 bits per heavy atom. The number of hydrogen-bond acceptors (Lipinski definition) is 0. The first-order valence-electron chi connectivity index (χ1n) is 27.6. The Bertz CT molecular complexity index is 4080. The van der Waals surface area contributed by atoms with Crippen molar-refractivity contribution in [3.8, 4) is 44.5 Å². The largest absolute Gasteiger partial charge is 1.00 e. The predicted octanol–water partition coefficient (Wildman–Crippen LogP) is 16.0. The Kier molecular flexibility index (Phi) is 23.3. The summed E-state index contributed by atoms with van der Waals surface area (Å²) in [5.41, 5.74) is 15.8. The number of hydrogen-bond donors (Lipinski definition) is 0. The van der Waals surface area contributed by atoms with Gasteiger partial charge in [0.1, 0.15) is 0 Å². The first-order chi connectivity index (χ1) is 38.8. The molecule has 14 rings (SSSR count). The molecular formula is C76H68Cl2Si2Ti2-2. The zero-order valence-electron chi connectivity index (χ0n) is 48.2. The zero-order valence-corrected chi connectivity index (χ0v) is 54.8. The maximum atomic E-state index is 2.28. The van der Waals surface area contributed by atoms with Crippen LogP contribution in [-0.4, -0.2) is 12.4 Å². The number of fused-ring (bicyclic) bond motifs is 6. The van der Waals surface area contributed by atoms with Crippen LogP contribution in [-0.2, 0) is 38.3 Å². The first-order valence-corrected chi connectivity index (χ1v) is 37.2. The zero-order chi connectivity index (χ0) is 56.1. The van der Waals surface area contributed by atoms with E-state index in [1.54, 1.807) is 0 Å². The van der Waals surface area contributed by atoms with E-state index in [4.69, 9.17) is 0 Å². The van der Waals surface area contributed by atoms with Gasteiger partial charge in [-0.1, -0.05) is 220 Å². The molecule has 0 amide bonds. The molecule has 14 aromatic rings. The molecule has 0 radical (unpaired) electrons. The van der Waals surface area contributed by atoms with Crippen molar-refractivity contribution in [3.05, 3.63) is 289 Å². The quantitative estimate of drug-likeness (QED) is 0.122. The molecule has 404 valence electrons. The Labute approximate surface area is 523 Å². The fraction of sp³-hybridized carbons (Fsp3) is 0.105. The van der Waals surface area contributed by atoms with Gasteiger partial charge in [-0.25, -0.2) is 0 Å². The van der Waals surface area contributed by atoms with Crippen LogP contribution in [0.15, 0.2) is 267 Å². The first kappa shape index (κ1) is 63.2. The normalized spacial score (nSPS) is 10.4. The van der Waals surface area contributed by atoms with Gasteiger partial charge in [-0.05, 0) is 43.8 Å². The molecule has 0 N–H and O–H groups in total. The molecule has 0 aliphatic carbocycles. The predicted molar refractivity (Wildman–Crippen MR) is 349 cm³/mol. The average molecular weight is 1200 g/mol. The van der Waals surface area contributed by atoms with Crippen LogP contribution in [0.4, 0.5) is 0 Å². The average Bonchev–Trinajstić information content (AvgIpc) is 4.27. The van der Waals surface area contributed by atoms with E-state index in [0.717, 1.165) is 0 Å². The van der Waals surface area contributed by atoms with Crippen molar-refractivity contribution >= 4 is 77.0 Å². The van der Waals surface area contributed by atoms with Crippen LogP contribution in [0.1, 0.15) is 22.3 Å². The second-order valence-corrected chi connectivity index (χ2v) is 34.5. The van der Waals surface area contributed by atoms with Crippen molar-refractivity contribution in [2.75, 3.05) is 0 Å². The minimum absolute atomic E-state index is 0. The topological polar surface area (TPSA) is 0 Å². The van der Waals surface area contributed by atoms with Gasteiger partial charge in [0.15, 0.2) is 0 Å². The van der Waals surface area contributed by atoms with Gasteiger partial charge in [-0.15, -0.1) is 138 Å². The van der Waals surface area contributed by atoms with E-state index in [2.05, 4.69) is 359 Å². The third-order valence-electron chi connectivity index (χ3n) is 13.9. The van der Waals surface area contributed by atoms with E-state index in [1.165, 1.54) is 131 Å². The van der Waals surface area contributed by atoms with Gasteiger partial charge in [0.25, 0.3) is 0 Å². The molecule has 0 aromatic heterocycles. The fourth-order valence-corrected chi connectivity index (χ4v) is 10.7. The minimum Gasteiger partial charge on any atom is -1.00 e. The smallest absolute Gasteiger partial charge is 0.0114 e. The summed E-state index contributed by atoms with van der Waals surface area (Å²) in [4.78, 5) is 0. The molecule has 0 spiro atoms. The maximum absolute atomic E-state index is 2.28. The van der Waals surface area contributed by atoms with Crippen molar-refractivity contribution < 1.29 is 63.2 Å². The van der Waals surface area contributed by atoms with E-state index in [0.29, 0.717) is 0 Å². The molecule has 0 bridgehead atoms. The van der Waals surface area contributed by atoms with E-state index < -0.39 is 0 Å². The van der Waals surface area contributed by atoms with Crippen LogP contribution in [0.3, 0.4) is 0 Å². The Hall–Kier alpha value is -6.40. The Morgan fingerprint density at radius 3 is 0.780 bits per heavy atom. The molecule has 0 heterocycles. The molecule has 0 aliphatic heterocycles. The molecule has 0 fully saturated rings. The summed E-state index contributed by atoms with van der Waals surface area (Å²) in [6, 6.07) is 95.6. The molecule has 0 nitrogen and oxygen atoms in total. The molecule has 82 heavy (non-hydrogen) atoms. The van der Waals surface area contributed by atoms with Crippen LogP contribution < -0.4 is 24.8 Å². The molecule has 0 atom stereocenters. The summed E-state index contributed by atoms with van der Waals surface area (Å²) < 4.78 is 0. The van der Waals surface area contributed by atoms with Crippen LogP contribution in [0, 0.1) is 27.7 Å². The Balaban J connectivity index is 0.000000150. The number of rotatable bonds is 4. The molecule has 0 unspecified atom stereocenters. The summed E-state index contributed by atoms with van der Waals surface area (Å²) in [6.45, 7) is 17.7. The van der Waals surface area contributed by atoms with Gasteiger partial charge in [0.05, 0.1) is 0 Å². The van der Waals surface area contributed by atoms with E-state index >= 15 is 0 Å². The summed E-state index contributed by atoms with van der Waals surface area (Å²) >= 11 is 4.54. The summed E-state index contributed by atoms with van der Waals surface area (Å²) in [5.74, 6) is 0.